The van der Waals surface area contributed by atoms with E-state index in [1.807, 2.05) is 0 Å². The van der Waals surface area contributed by atoms with Crippen LogP contribution in [0, 0.1) is 0 Å². The van der Waals surface area contributed by atoms with Crippen LogP contribution in [0.3, 0.4) is 0 Å². The first-order chi connectivity index (χ1) is 11.4. The zero-order chi connectivity index (χ0) is 17.2. The molecule has 0 spiro atoms. The van der Waals surface area contributed by atoms with Crippen molar-refractivity contribution in [2.45, 2.75) is 12.7 Å². The molecule has 0 saturated carbocycles. The number of halogens is 3. The van der Waals surface area contributed by atoms with Crippen molar-refractivity contribution in [3.8, 4) is 11.4 Å². The van der Waals surface area contributed by atoms with Gasteiger partial charge < -0.3 is 10.4 Å². The van der Waals surface area contributed by atoms with E-state index in [2.05, 4.69) is 20.4 Å². The molecule has 0 fully saturated rings. The maximum atomic E-state index is 12.7. The average Bonchev–Trinajstić information content (AvgIpc) is 3.06. The molecule has 0 radical (unpaired) electrons. The summed E-state index contributed by atoms with van der Waals surface area (Å²) in [6.07, 6.45) is -0.0341. The standard InChI is InChI=1S/C15H12F3N5O/c16-15(17,18)11-3-10(4-13(24)5-11)6-20-14-2-1-12(7-21-14)23-9-19-8-22-23/h1-5,7-9,24H,6H2,(H,20,21). The van der Waals surface area contributed by atoms with E-state index < -0.39 is 17.5 Å². The van der Waals surface area contributed by atoms with Gasteiger partial charge in [0.1, 0.15) is 24.2 Å². The maximum Gasteiger partial charge on any atom is 0.416 e. The largest absolute Gasteiger partial charge is 0.508 e. The topological polar surface area (TPSA) is 75.9 Å². The number of benzene rings is 1. The molecule has 9 heteroatoms. The molecule has 0 aliphatic rings. The summed E-state index contributed by atoms with van der Waals surface area (Å²) in [5.41, 5.74) is 0.105. The number of pyridine rings is 1. The van der Waals surface area contributed by atoms with Crippen molar-refractivity contribution in [1.29, 1.82) is 0 Å². The molecular weight excluding hydrogens is 323 g/mol. The smallest absolute Gasteiger partial charge is 0.416 e. The number of hydrogen-bond donors (Lipinski definition) is 2. The summed E-state index contributed by atoms with van der Waals surface area (Å²) < 4.78 is 39.7. The average molecular weight is 335 g/mol. The van der Waals surface area contributed by atoms with Gasteiger partial charge in [-0.2, -0.15) is 18.3 Å². The summed E-state index contributed by atoms with van der Waals surface area (Å²) in [6.45, 7) is 0.0904. The van der Waals surface area contributed by atoms with Gasteiger partial charge in [-0.3, -0.25) is 0 Å². The monoisotopic (exact) mass is 335 g/mol. The number of alkyl halides is 3. The van der Waals surface area contributed by atoms with Gasteiger partial charge in [0.15, 0.2) is 0 Å². The van der Waals surface area contributed by atoms with Crippen LogP contribution >= 0.6 is 0 Å². The van der Waals surface area contributed by atoms with Gasteiger partial charge in [-0.25, -0.2) is 14.6 Å². The van der Waals surface area contributed by atoms with Gasteiger partial charge >= 0.3 is 6.18 Å². The zero-order valence-corrected chi connectivity index (χ0v) is 12.2. The summed E-state index contributed by atoms with van der Waals surface area (Å²) in [7, 11) is 0. The molecule has 2 N–H and O–H groups in total. The normalized spacial score (nSPS) is 11.5. The van der Waals surface area contributed by atoms with Gasteiger partial charge in [-0.15, -0.1) is 0 Å². The van der Waals surface area contributed by atoms with E-state index in [4.69, 9.17) is 0 Å². The van der Waals surface area contributed by atoms with Crippen molar-refractivity contribution in [1.82, 2.24) is 19.7 Å². The molecule has 124 valence electrons. The van der Waals surface area contributed by atoms with Crippen molar-refractivity contribution < 1.29 is 18.3 Å². The Labute approximate surface area is 134 Å². The number of nitrogens with zero attached hydrogens (tertiary/aromatic N) is 4. The second kappa shape index (κ2) is 6.19. The van der Waals surface area contributed by atoms with Crippen molar-refractivity contribution in [3.05, 3.63) is 60.3 Å². The Bertz CT molecular complexity index is 816. The molecule has 0 atom stereocenters. The summed E-state index contributed by atoms with van der Waals surface area (Å²) >= 11 is 0. The Morgan fingerprint density at radius 3 is 2.62 bits per heavy atom. The molecule has 1 aromatic carbocycles. The Morgan fingerprint density at radius 1 is 1.17 bits per heavy atom. The molecule has 24 heavy (non-hydrogen) atoms. The van der Waals surface area contributed by atoms with Gasteiger partial charge in [-0.1, -0.05) is 0 Å². The number of phenolic OH excluding ortho intramolecular Hbond substituents is 1. The van der Waals surface area contributed by atoms with Crippen molar-refractivity contribution in [2.75, 3.05) is 5.32 Å². The van der Waals surface area contributed by atoms with E-state index in [1.54, 1.807) is 18.3 Å². The Morgan fingerprint density at radius 2 is 2.00 bits per heavy atom. The molecule has 0 aliphatic heterocycles. The third-order valence-corrected chi connectivity index (χ3v) is 3.21. The molecule has 2 heterocycles. The Kier molecular flexibility index (Phi) is 4.07. The number of rotatable bonds is 4. The number of aromatic hydroxyl groups is 1. The van der Waals surface area contributed by atoms with Crippen LogP contribution in [0.2, 0.25) is 0 Å². The predicted molar refractivity (Wildman–Crippen MR) is 79.6 cm³/mol. The lowest BCUT2D eigenvalue weighted by Crippen LogP contribution is -2.07. The summed E-state index contributed by atoms with van der Waals surface area (Å²) in [5.74, 6) is 0.0480. The van der Waals surface area contributed by atoms with Gasteiger partial charge in [0.25, 0.3) is 0 Å². The minimum Gasteiger partial charge on any atom is -0.508 e. The zero-order valence-electron chi connectivity index (χ0n) is 12.2. The number of anilines is 1. The lowest BCUT2D eigenvalue weighted by molar-refractivity contribution is -0.137. The fourth-order valence-corrected chi connectivity index (χ4v) is 2.10. The number of phenols is 1. The van der Waals surface area contributed by atoms with Crippen LogP contribution in [0.4, 0.5) is 19.0 Å². The van der Waals surface area contributed by atoms with Crippen LogP contribution in [0.25, 0.3) is 5.69 Å². The second-order valence-corrected chi connectivity index (χ2v) is 4.98. The molecule has 0 bridgehead atoms. The van der Waals surface area contributed by atoms with E-state index in [9.17, 15) is 18.3 Å². The fraction of sp³-hybridized carbons (Fsp3) is 0.133. The fourth-order valence-electron chi connectivity index (χ4n) is 2.10. The lowest BCUT2D eigenvalue weighted by atomic mass is 10.1. The van der Waals surface area contributed by atoms with Crippen molar-refractivity contribution >= 4 is 5.82 Å². The van der Waals surface area contributed by atoms with Crippen LogP contribution in [-0.4, -0.2) is 24.9 Å². The highest BCUT2D eigenvalue weighted by molar-refractivity contribution is 5.42. The van der Waals surface area contributed by atoms with Crippen molar-refractivity contribution in [2.24, 2.45) is 0 Å². The molecular formula is C15H12F3N5O. The lowest BCUT2D eigenvalue weighted by Gasteiger charge is -2.11. The summed E-state index contributed by atoms with van der Waals surface area (Å²) in [6, 6.07) is 6.36. The minimum absolute atomic E-state index is 0.0904. The van der Waals surface area contributed by atoms with Gasteiger partial charge in [0.05, 0.1) is 17.4 Å². The van der Waals surface area contributed by atoms with E-state index in [0.29, 0.717) is 23.1 Å². The van der Waals surface area contributed by atoms with E-state index in [0.717, 1.165) is 6.07 Å². The first kappa shape index (κ1) is 15.8. The van der Waals surface area contributed by atoms with Crippen LogP contribution in [-0.2, 0) is 12.7 Å². The minimum atomic E-state index is -4.51. The van der Waals surface area contributed by atoms with Crippen LogP contribution in [0.15, 0.2) is 49.2 Å². The Balaban J connectivity index is 1.71. The number of nitrogens with one attached hydrogen (secondary N) is 1. The molecule has 0 amide bonds. The maximum absolute atomic E-state index is 12.7. The van der Waals surface area contributed by atoms with Gasteiger partial charge in [0, 0.05) is 6.54 Å². The molecule has 0 saturated heterocycles. The molecule has 3 aromatic rings. The first-order valence-electron chi connectivity index (χ1n) is 6.87. The molecule has 3 rings (SSSR count). The van der Waals surface area contributed by atoms with Crippen molar-refractivity contribution in [3.63, 3.8) is 0 Å². The highest BCUT2D eigenvalue weighted by atomic mass is 19.4. The van der Waals surface area contributed by atoms with Gasteiger partial charge in [0.2, 0.25) is 0 Å². The van der Waals surface area contributed by atoms with Crippen LogP contribution < -0.4 is 5.32 Å². The summed E-state index contributed by atoms with van der Waals surface area (Å²) in [4.78, 5) is 7.99. The molecule has 0 unspecified atom stereocenters. The third-order valence-electron chi connectivity index (χ3n) is 3.21. The second-order valence-electron chi connectivity index (χ2n) is 4.98. The molecule has 0 aliphatic carbocycles. The van der Waals surface area contributed by atoms with E-state index >= 15 is 0 Å². The number of aromatic nitrogens is 4. The third kappa shape index (κ3) is 3.62. The predicted octanol–water partition coefficient (Wildman–Crippen LogP) is 3.00. The highest BCUT2D eigenvalue weighted by Crippen LogP contribution is 2.32. The number of hydrogen-bond acceptors (Lipinski definition) is 5. The first-order valence-corrected chi connectivity index (χ1v) is 6.87. The van der Waals surface area contributed by atoms with Gasteiger partial charge in [-0.05, 0) is 35.9 Å². The van der Waals surface area contributed by atoms with E-state index in [1.165, 1.54) is 23.4 Å². The Hall–Kier alpha value is -3.10. The highest BCUT2D eigenvalue weighted by Gasteiger charge is 2.31. The quantitative estimate of drug-likeness (QED) is 0.766. The molecule has 2 aromatic heterocycles. The van der Waals surface area contributed by atoms with Crippen LogP contribution in [0.1, 0.15) is 11.1 Å². The van der Waals surface area contributed by atoms with E-state index in [-0.39, 0.29) is 6.54 Å². The summed E-state index contributed by atoms with van der Waals surface area (Å²) in [5, 5.41) is 16.3. The molecule has 6 nitrogen and oxygen atoms in total. The van der Waals surface area contributed by atoms with Crippen LogP contribution in [0.5, 0.6) is 5.75 Å². The SMILES string of the molecule is Oc1cc(CNc2ccc(-n3cncn3)cn2)cc(C(F)(F)F)c1.